The number of carbonyl (C=O) groups excluding carboxylic acids is 2. The number of rotatable bonds is 3. The van der Waals surface area contributed by atoms with Gasteiger partial charge in [0.1, 0.15) is 12.1 Å². The van der Waals surface area contributed by atoms with E-state index >= 15 is 0 Å². The summed E-state index contributed by atoms with van der Waals surface area (Å²) in [5.74, 6) is 0.597. The Balaban J connectivity index is 1.82. The van der Waals surface area contributed by atoms with Crippen molar-refractivity contribution >= 4 is 11.8 Å². The molecule has 0 bridgehead atoms. The molecule has 0 aromatic carbocycles. The molecule has 1 N–H and O–H groups in total. The van der Waals surface area contributed by atoms with E-state index in [-0.39, 0.29) is 30.5 Å². The number of hydrogen-bond donors (Lipinski definition) is 1. The van der Waals surface area contributed by atoms with Crippen LogP contribution in [0.15, 0.2) is 0 Å². The highest BCUT2D eigenvalue weighted by atomic mass is 16.5. The Labute approximate surface area is 113 Å². The maximum absolute atomic E-state index is 12.7. The maximum atomic E-state index is 12.7. The Morgan fingerprint density at radius 2 is 2.11 bits per heavy atom. The van der Waals surface area contributed by atoms with Crippen molar-refractivity contribution in [2.24, 2.45) is 5.92 Å². The minimum absolute atomic E-state index is 0.0506. The van der Waals surface area contributed by atoms with Gasteiger partial charge in [-0.2, -0.15) is 0 Å². The zero-order chi connectivity index (χ0) is 13.6. The van der Waals surface area contributed by atoms with E-state index in [1.807, 2.05) is 13.8 Å². The molecule has 0 radical (unpaired) electrons. The highest BCUT2D eigenvalue weighted by Crippen LogP contribution is 2.41. The lowest BCUT2D eigenvalue weighted by atomic mass is 9.91. The molecular weight excluding hydrogens is 244 g/mol. The fourth-order valence-corrected chi connectivity index (χ4v) is 3.26. The quantitative estimate of drug-likeness (QED) is 0.817. The molecule has 3 rings (SSSR count). The zero-order valence-electron chi connectivity index (χ0n) is 11.6. The smallest absolute Gasteiger partial charge is 0.248 e. The molecule has 0 aromatic heterocycles. The Kier molecular flexibility index (Phi) is 3.04. The minimum Gasteiger partial charge on any atom is -0.376 e. The first-order valence-corrected chi connectivity index (χ1v) is 7.29. The van der Waals surface area contributed by atoms with Gasteiger partial charge >= 0.3 is 0 Å². The lowest BCUT2D eigenvalue weighted by Gasteiger charge is -2.43. The molecular formula is C14H22N2O3. The average Bonchev–Trinajstić information content (AvgIpc) is 3.12. The van der Waals surface area contributed by atoms with Crippen LogP contribution < -0.4 is 5.32 Å². The summed E-state index contributed by atoms with van der Waals surface area (Å²) in [6.07, 6.45) is 4.02. The maximum Gasteiger partial charge on any atom is 0.248 e. The molecule has 106 valence electrons. The van der Waals surface area contributed by atoms with E-state index < -0.39 is 5.54 Å². The predicted molar refractivity (Wildman–Crippen MR) is 69.4 cm³/mol. The van der Waals surface area contributed by atoms with Crippen molar-refractivity contribution in [3.05, 3.63) is 0 Å². The lowest BCUT2D eigenvalue weighted by molar-refractivity contribution is -0.153. The van der Waals surface area contributed by atoms with Gasteiger partial charge in [-0.3, -0.25) is 9.59 Å². The number of nitrogens with zero attached hydrogens (tertiary/aromatic N) is 1. The number of piperazine rings is 1. The summed E-state index contributed by atoms with van der Waals surface area (Å²) in [5.41, 5.74) is -0.744. The van der Waals surface area contributed by atoms with Crippen LogP contribution in [0.5, 0.6) is 0 Å². The molecule has 2 amide bonds. The van der Waals surface area contributed by atoms with Crippen LogP contribution in [0.2, 0.25) is 0 Å². The van der Waals surface area contributed by atoms with Gasteiger partial charge in [-0.25, -0.2) is 0 Å². The van der Waals surface area contributed by atoms with Crippen LogP contribution in [0.4, 0.5) is 0 Å². The van der Waals surface area contributed by atoms with Crippen LogP contribution in [0, 0.1) is 5.92 Å². The highest BCUT2D eigenvalue weighted by molar-refractivity contribution is 5.97. The van der Waals surface area contributed by atoms with Crippen LogP contribution in [0.3, 0.4) is 0 Å². The molecule has 3 aliphatic rings. The molecule has 3 atom stereocenters. The third kappa shape index (κ3) is 2.14. The summed E-state index contributed by atoms with van der Waals surface area (Å²) in [5, 5.41) is 2.83. The van der Waals surface area contributed by atoms with E-state index in [0.29, 0.717) is 18.9 Å². The summed E-state index contributed by atoms with van der Waals surface area (Å²) < 4.78 is 5.80. The van der Waals surface area contributed by atoms with E-state index in [9.17, 15) is 9.59 Å². The average molecular weight is 266 g/mol. The van der Waals surface area contributed by atoms with E-state index in [4.69, 9.17) is 4.74 Å². The van der Waals surface area contributed by atoms with Crippen LogP contribution in [-0.4, -0.2) is 47.6 Å². The van der Waals surface area contributed by atoms with Gasteiger partial charge in [0.25, 0.3) is 0 Å². The van der Waals surface area contributed by atoms with Crippen molar-refractivity contribution in [3.8, 4) is 0 Å². The number of amides is 2. The van der Waals surface area contributed by atoms with Crippen molar-refractivity contribution in [2.75, 3.05) is 13.2 Å². The predicted octanol–water partition coefficient (Wildman–Crippen LogP) is 0.681. The fraction of sp³-hybridized carbons (Fsp3) is 0.857. The van der Waals surface area contributed by atoms with Gasteiger partial charge in [0.2, 0.25) is 11.8 Å². The molecule has 2 saturated heterocycles. The van der Waals surface area contributed by atoms with Crippen molar-refractivity contribution in [1.82, 2.24) is 10.2 Å². The number of carbonyl (C=O) groups is 2. The molecule has 5 nitrogen and oxygen atoms in total. The second-order valence-electron chi connectivity index (χ2n) is 6.20. The third-order valence-corrected chi connectivity index (χ3v) is 4.76. The molecule has 0 aromatic rings. The third-order valence-electron chi connectivity index (χ3n) is 4.76. The van der Waals surface area contributed by atoms with Gasteiger partial charge in [-0.1, -0.05) is 6.92 Å². The van der Waals surface area contributed by atoms with Crippen LogP contribution in [-0.2, 0) is 14.3 Å². The Morgan fingerprint density at radius 3 is 2.74 bits per heavy atom. The highest BCUT2D eigenvalue weighted by Gasteiger charge is 2.50. The first kappa shape index (κ1) is 12.9. The monoisotopic (exact) mass is 266 g/mol. The van der Waals surface area contributed by atoms with Crippen molar-refractivity contribution in [1.29, 1.82) is 0 Å². The summed E-state index contributed by atoms with van der Waals surface area (Å²) in [4.78, 5) is 26.3. The van der Waals surface area contributed by atoms with Gasteiger partial charge in [0, 0.05) is 6.61 Å². The summed E-state index contributed by atoms with van der Waals surface area (Å²) in [6.45, 7) is 4.65. The van der Waals surface area contributed by atoms with Crippen molar-refractivity contribution < 1.29 is 14.3 Å². The number of hydrogen-bond acceptors (Lipinski definition) is 3. The second kappa shape index (κ2) is 4.47. The molecule has 1 saturated carbocycles. The topological polar surface area (TPSA) is 58.6 Å². The van der Waals surface area contributed by atoms with E-state index in [1.165, 1.54) is 12.8 Å². The number of nitrogens with one attached hydrogen (secondary N) is 1. The molecule has 5 heteroatoms. The molecule has 2 heterocycles. The number of ether oxygens (including phenoxy) is 1. The summed E-state index contributed by atoms with van der Waals surface area (Å²) in [7, 11) is 0. The van der Waals surface area contributed by atoms with Crippen molar-refractivity contribution in [3.63, 3.8) is 0 Å². The normalized spacial score (nSPS) is 39.6. The van der Waals surface area contributed by atoms with E-state index in [2.05, 4.69) is 5.32 Å². The van der Waals surface area contributed by atoms with Crippen LogP contribution in [0.25, 0.3) is 0 Å². The van der Waals surface area contributed by atoms with Gasteiger partial charge < -0.3 is 15.0 Å². The first-order chi connectivity index (χ1) is 9.05. The molecule has 1 aliphatic carbocycles. The Bertz CT molecular complexity index is 407. The van der Waals surface area contributed by atoms with Crippen molar-refractivity contribution in [2.45, 2.75) is 57.2 Å². The molecule has 3 unspecified atom stereocenters. The lowest BCUT2D eigenvalue weighted by Crippen LogP contribution is -2.67. The fourth-order valence-electron chi connectivity index (χ4n) is 3.26. The molecule has 2 aliphatic heterocycles. The Hall–Kier alpha value is -1.10. The first-order valence-electron chi connectivity index (χ1n) is 7.29. The second-order valence-corrected chi connectivity index (χ2v) is 6.20. The summed E-state index contributed by atoms with van der Waals surface area (Å²) >= 11 is 0. The molecule has 0 spiro atoms. The molecule has 19 heavy (non-hydrogen) atoms. The minimum atomic E-state index is -0.744. The Morgan fingerprint density at radius 1 is 1.37 bits per heavy atom. The van der Waals surface area contributed by atoms with Gasteiger partial charge in [0.15, 0.2) is 0 Å². The SMILES string of the molecule is CCC1(C)NC(=O)CN(C2CCOC2C2CC2)C1=O. The summed E-state index contributed by atoms with van der Waals surface area (Å²) in [6, 6.07) is 0.0944. The van der Waals surface area contributed by atoms with Crippen LogP contribution >= 0.6 is 0 Å². The van der Waals surface area contributed by atoms with Gasteiger partial charge in [-0.05, 0) is 38.5 Å². The van der Waals surface area contributed by atoms with E-state index in [1.54, 1.807) is 4.90 Å². The largest absolute Gasteiger partial charge is 0.376 e. The molecule has 3 fully saturated rings. The standard InChI is InChI=1S/C14H22N2O3/c1-3-14(2)13(18)16(8-11(17)15-14)10-6-7-19-12(10)9-4-5-9/h9-10,12H,3-8H2,1-2H3,(H,15,17). The van der Waals surface area contributed by atoms with E-state index in [0.717, 1.165) is 6.42 Å². The van der Waals surface area contributed by atoms with Gasteiger partial charge in [0.05, 0.1) is 12.1 Å². The zero-order valence-corrected chi connectivity index (χ0v) is 11.6. The van der Waals surface area contributed by atoms with Crippen LogP contribution in [0.1, 0.15) is 39.5 Å². The van der Waals surface area contributed by atoms with Gasteiger partial charge in [-0.15, -0.1) is 0 Å².